The minimum absolute atomic E-state index is 0.207. The van der Waals surface area contributed by atoms with Gasteiger partial charge in [0, 0.05) is 36.6 Å². The van der Waals surface area contributed by atoms with E-state index in [1.807, 2.05) is 0 Å². The first-order valence-corrected chi connectivity index (χ1v) is 9.21. The largest absolute Gasteiger partial charge is 0.377 e. The van der Waals surface area contributed by atoms with Crippen molar-refractivity contribution >= 4 is 5.96 Å². The molecule has 3 aliphatic rings. The van der Waals surface area contributed by atoms with Crippen molar-refractivity contribution in [1.29, 1.82) is 0 Å². The molecule has 0 radical (unpaired) electrons. The lowest BCUT2D eigenvalue weighted by Crippen LogP contribution is -2.68. The third-order valence-corrected chi connectivity index (χ3v) is 6.07. The molecule has 4 nitrogen and oxygen atoms in total. The van der Waals surface area contributed by atoms with Crippen molar-refractivity contribution < 1.29 is 4.74 Å². The lowest BCUT2D eigenvalue weighted by atomic mass is 9.57. The second-order valence-electron chi connectivity index (χ2n) is 8.11. The van der Waals surface area contributed by atoms with Crippen LogP contribution in [0.2, 0.25) is 0 Å². The minimum atomic E-state index is 0.207. The molecule has 4 heteroatoms. The second-order valence-corrected chi connectivity index (χ2v) is 8.11. The summed E-state index contributed by atoms with van der Waals surface area (Å²) in [4.78, 5) is 4.69. The van der Waals surface area contributed by atoms with Crippen LogP contribution in [0, 0.1) is 17.3 Å². The third-order valence-electron chi connectivity index (χ3n) is 6.07. The van der Waals surface area contributed by atoms with E-state index >= 15 is 0 Å². The Balaban J connectivity index is 1.59. The van der Waals surface area contributed by atoms with Crippen molar-refractivity contribution in [3.05, 3.63) is 0 Å². The molecular formula is C18H33N3O. The van der Waals surface area contributed by atoms with Gasteiger partial charge in [0.25, 0.3) is 0 Å². The Bertz CT molecular complexity index is 413. The average Bonchev–Trinajstić information content (AvgIpc) is 2.94. The summed E-state index contributed by atoms with van der Waals surface area (Å²) in [5.74, 6) is 2.57. The number of guanidine groups is 1. The van der Waals surface area contributed by atoms with Gasteiger partial charge in [-0.2, -0.15) is 0 Å². The molecule has 2 saturated carbocycles. The summed E-state index contributed by atoms with van der Waals surface area (Å²) in [5, 5.41) is 7.43. The Hall–Kier alpha value is -0.770. The van der Waals surface area contributed by atoms with Crippen LogP contribution in [0.25, 0.3) is 0 Å². The van der Waals surface area contributed by atoms with E-state index in [2.05, 4.69) is 38.3 Å². The maximum atomic E-state index is 5.90. The summed E-state index contributed by atoms with van der Waals surface area (Å²) < 4.78 is 5.90. The summed E-state index contributed by atoms with van der Waals surface area (Å²) in [6.07, 6.45) is 6.84. The van der Waals surface area contributed by atoms with Crippen LogP contribution in [0.1, 0.15) is 59.8 Å². The molecule has 3 unspecified atom stereocenters. The molecule has 1 saturated heterocycles. The molecule has 3 atom stereocenters. The quantitative estimate of drug-likeness (QED) is 0.622. The topological polar surface area (TPSA) is 45.7 Å². The van der Waals surface area contributed by atoms with Gasteiger partial charge in [0.05, 0.1) is 6.10 Å². The predicted molar refractivity (Wildman–Crippen MR) is 91.1 cm³/mol. The molecule has 0 aromatic heterocycles. The second kappa shape index (κ2) is 6.38. The van der Waals surface area contributed by atoms with Crippen molar-refractivity contribution in [2.24, 2.45) is 22.2 Å². The summed E-state index contributed by atoms with van der Waals surface area (Å²) in [6, 6.07) is 1.08. The molecule has 0 spiro atoms. The van der Waals surface area contributed by atoms with Gasteiger partial charge >= 0.3 is 0 Å². The molecule has 2 aliphatic carbocycles. The predicted octanol–water partition coefficient (Wildman–Crippen LogP) is 2.93. The van der Waals surface area contributed by atoms with Crippen LogP contribution in [0.4, 0.5) is 0 Å². The highest BCUT2D eigenvalue weighted by atomic mass is 16.5. The summed E-state index contributed by atoms with van der Waals surface area (Å²) in [7, 11) is 0. The summed E-state index contributed by atoms with van der Waals surface area (Å²) >= 11 is 0. The minimum Gasteiger partial charge on any atom is -0.377 e. The van der Waals surface area contributed by atoms with E-state index in [0.29, 0.717) is 24.1 Å². The number of fused-ring (bicyclic) bond motifs is 1. The SMILES string of the molecule is CCN=C(NC1CCC(C)CC1)NC1C2CCOC2C1(C)C. The smallest absolute Gasteiger partial charge is 0.191 e. The highest BCUT2D eigenvalue weighted by Gasteiger charge is 2.59. The molecule has 3 fully saturated rings. The average molecular weight is 307 g/mol. The molecule has 0 amide bonds. The highest BCUT2D eigenvalue weighted by Crippen LogP contribution is 2.52. The van der Waals surface area contributed by atoms with Gasteiger partial charge in [0.15, 0.2) is 5.96 Å². The maximum Gasteiger partial charge on any atom is 0.191 e. The van der Waals surface area contributed by atoms with Crippen LogP contribution in [0.3, 0.4) is 0 Å². The Morgan fingerprint density at radius 2 is 1.86 bits per heavy atom. The number of hydrogen-bond donors (Lipinski definition) is 2. The monoisotopic (exact) mass is 307 g/mol. The van der Waals surface area contributed by atoms with Crippen molar-refractivity contribution in [3.63, 3.8) is 0 Å². The van der Waals surface area contributed by atoms with Crippen molar-refractivity contribution in [2.45, 2.75) is 78.0 Å². The van der Waals surface area contributed by atoms with Crippen LogP contribution in [-0.2, 0) is 4.74 Å². The molecule has 0 bridgehead atoms. The number of nitrogens with one attached hydrogen (secondary N) is 2. The number of hydrogen-bond acceptors (Lipinski definition) is 2. The Kier molecular flexibility index (Phi) is 4.67. The van der Waals surface area contributed by atoms with E-state index in [1.54, 1.807) is 0 Å². The van der Waals surface area contributed by atoms with Crippen molar-refractivity contribution in [1.82, 2.24) is 10.6 Å². The normalized spacial score (nSPS) is 40.7. The van der Waals surface area contributed by atoms with Gasteiger partial charge in [0.1, 0.15) is 0 Å². The Morgan fingerprint density at radius 3 is 2.55 bits per heavy atom. The van der Waals surface area contributed by atoms with Gasteiger partial charge in [-0.05, 0) is 44.9 Å². The molecule has 126 valence electrons. The van der Waals surface area contributed by atoms with Gasteiger partial charge in [-0.25, -0.2) is 0 Å². The number of rotatable bonds is 3. The fourth-order valence-corrected chi connectivity index (χ4v) is 4.65. The standard InChI is InChI=1S/C18H33N3O/c1-5-19-17(20-13-8-6-12(2)7-9-13)21-15-14-10-11-22-16(14)18(15,3)4/h12-16H,5-11H2,1-4H3,(H2,19,20,21). The number of nitrogens with zero attached hydrogens (tertiary/aromatic N) is 1. The first-order chi connectivity index (χ1) is 10.5. The molecule has 1 heterocycles. The fraction of sp³-hybridized carbons (Fsp3) is 0.944. The molecule has 0 aromatic carbocycles. The molecule has 0 aromatic rings. The van der Waals surface area contributed by atoms with Crippen LogP contribution in [0.15, 0.2) is 4.99 Å². The van der Waals surface area contributed by atoms with E-state index in [9.17, 15) is 0 Å². The van der Waals surface area contributed by atoms with E-state index < -0.39 is 0 Å². The van der Waals surface area contributed by atoms with E-state index in [1.165, 1.54) is 32.1 Å². The zero-order valence-electron chi connectivity index (χ0n) is 14.7. The first-order valence-electron chi connectivity index (χ1n) is 9.21. The lowest BCUT2D eigenvalue weighted by molar-refractivity contribution is -0.106. The first kappa shape index (κ1) is 16.1. The van der Waals surface area contributed by atoms with Crippen LogP contribution in [0.5, 0.6) is 0 Å². The van der Waals surface area contributed by atoms with Gasteiger partial charge in [0.2, 0.25) is 0 Å². The van der Waals surface area contributed by atoms with E-state index in [0.717, 1.165) is 25.0 Å². The van der Waals surface area contributed by atoms with Crippen molar-refractivity contribution in [3.8, 4) is 0 Å². The molecule has 22 heavy (non-hydrogen) atoms. The fourth-order valence-electron chi connectivity index (χ4n) is 4.65. The Morgan fingerprint density at radius 1 is 1.14 bits per heavy atom. The number of aliphatic imine (C=N–C) groups is 1. The van der Waals surface area contributed by atoms with Crippen molar-refractivity contribution in [2.75, 3.05) is 13.2 Å². The molecule has 2 N–H and O–H groups in total. The maximum absolute atomic E-state index is 5.90. The zero-order chi connectivity index (χ0) is 15.7. The zero-order valence-corrected chi connectivity index (χ0v) is 14.7. The van der Waals surface area contributed by atoms with Gasteiger partial charge in [-0.3, -0.25) is 4.99 Å². The van der Waals surface area contributed by atoms with Crippen LogP contribution < -0.4 is 10.6 Å². The lowest BCUT2D eigenvalue weighted by Gasteiger charge is -2.55. The number of ether oxygens (including phenoxy) is 1. The van der Waals surface area contributed by atoms with E-state index in [4.69, 9.17) is 9.73 Å². The van der Waals surface area contributed by atoms with Gasteiger partial charge in [-0.1, -0.05) is 20.8 Å². The molecular weight excluding hydrogens is 274 g/mol. The van der Waals surface area contributed by atoms with Gasteiger partial charge < -0.3 is 15.4 Å². The van der Waals surface area contributed by atoms with E-state index in [-0.39, 0.29) is 5.41 Å². The van der Waals surface area contributed by atoms with Gasteiger partial charge in [-0.15, -0.1) is 0 Å². The van der Waals surface area contributed by atoms with Crippen LogP contribution >= 0.6 is 0 Å². The summed E-state index contributed by atoms with van der Waals surface area (Å²) in [6.45, 7) is 10.9. The molecule has 1 aliphatic heterocycles. The Labute approximate surface area is 135 Å². The third kappa shape index (κ3) is 2.99. The molecule has 3 rings (SSSR count). The highest BCUT2D eigenvalue weighted by molar-refractivity contribution is 5.80. The summed E-state index contributed by atoms with van der Waals surface area (Å²) in [5.41, 5.74) is 0.207. The van der Waals surface area contributed by atoms with Crippen LogP contribution in [-0.4, -0.2) is 37.3 Å².